The van der Waals surface area contributed by atoms with Crippen molar-refractivity contribution in [3.63, 3.8) is 0 Å². The van der Waals surface area contributed by atoms with E-state index in [1.54, 1.807) is 7.11 Å². The van der Waals surface area contributed by atoms with Gasteiger partial charge in [-0.3, -0.25) is 0 Å². The van der Waals surface area contributed by atoms with Gasteiger partial charge in [0.25, 0.3) is 0 Å². The van der Waals surface area contributed by atoms with Crippen LogP contribution in [0.25, 0.3) is 0 Å². The first kappa shape index (κ1) is 11.8. The first-order chi connectivity index (χ1) is 8.13. The Labute approximate surface area is 99.2 Å². The predicted molar refractivity (Wildman–Crippen MR) is 61.2 cm³/mol. The van der Waals surface area contributed by atoms with Crippen molar-refractivity contribution in [2.24, 2.45) is 0 Å². The summed E-state index contributed by atoms with van der Waals surface area (Å²) in [6, 6.07) is 0.274. The molecule has 1 heterocycles. The van der Waals surface area contributed by atoms with Crippen LogP contribution >= 0.6 is 0 Å². The van der Waals surface area contributed by atoms with Gasteiger partial charge in [0.15, 0.2) is 0 Å². The lowest BCUT2D eigenvalue weighted by atomic mass is 9.88. The van der Waals surface area contributed by atoms with Crippen LogP contribution in [0.15, 0.2) is 12.4 Å². The van der Waals surface area contributed by atoms with Gasteiger partial charge in [-0.1, -0.05) is 0 Å². The quantitative estimate of drug-likeness (QED) is 0.834. The van der Waals surface area contributed by atoms with Gasteiger partial charge in [-0.2, -0.15) is 0 Å². The molecule has 0 bridgehead atoms. The van der Waals surface area contributed by atoms with Gasteiger partial charge in [0.05, 0.1) is 17.7 Å². The molecule has 1 fully saturated rings. The van der Waals surface area contributed by atoms with Crippen LogP contribution in [0.1, 0.15) is 23.2 Å². The molecule has 1 N–H and O–H groups in total. The summed E-state index contributed by atoms with van der Waals surface area (Å²) in [7, 11) is 3.59. The Bertz CT molecular complexity index is 405. The van der Waals surface area contributed by atoms with E-state index in [0.717, 1.165) is 12.8 Å². The van der Waals surface area contributed by atoms with E-state index in [2.05, 4.69) is 9.97 Å². The fourth-order valence-electron chi connectivity index (χ4n) is 1.93. The number of carboxylic acid groups (broad SMARTS) is 1. The second-order valence-electron chi connectivity index (χ2n) is 4.11. The normalized spacial score (nSPS) is 22.9. The van der Waals surface area contributed by atoms with Gasteiger partial charge in [-0.05, 0) is 12.8 Å². The van der Waals surface area contributed by atoms with Crippen LogP contribution < -0.4 is 4.90 Å². The van der Waals surface area contributed by atoms with Gasteiger partial charge in [-0.25, -0.2) is 14.8 Å². The van der Waals surface area contributed by atoms with E-state index in [9.17, 15) is 4.79 Å². The number of likely N-dealkylation sites (N-methyl/N-ethyl adjacent to an activating group) is 1. The number of carboxylic acids is 1. The third-order valence-corrected chi connectivity index (χ3v) is 3.18. The second kappa shape index (κ2) is 4.67. The van der Waals surface area contributed by atoms with Crippen molar-refractivity contribution in [2.75, 3.05) is 19.1 Å². The molecule has 92 valence electrons. The van der Waals surface area contributed by atoms with Crippen molar-refractivity contribution in [2.45, 2.75) is 25.0 Å². The summed E-state index contributed by atoms with van der Waals surface area (Å²) in [5.74, 6) is -0.487. The highest BCUT2D eigenvalue weighted by atomic mass is 16.5. The van der Waals surface area contributed by atoms with Crippen molar-refractivity contribution in [3.8, 4) is 0 Å². The first-order valence-corrected chi connectivity index (χ1v) is 5.44. The van der Waals surface area contributed by atoms with Gasteiger partial charge in [0.1, 0.15) is 0 Å². The maximum Gasteiger partial charge on any atom is 0.338 e. The standard InChI is InChI=1S/C11H15N3O3/c1-14(8-3-4-9(8)17-2)11-12-5-7(6-13-11)10(15)16/h5-6,8-9H,3-4H2,1-2H3,(H,15,16). The van der Waals surface area contributed by atoms with E-state index in [4.69, 9.17) is 9.84 Å². The molecule has 0 amide bonds. The molecule has 17 heavy (non-hydrogen) atoms. The Hall–Kier alpha value is -1.69. The van der Waals surface area contributed by atoms with Gasteiger partial charge in [0, 0.05) is 26.6 Å². The van der Waals surface area contributed by atoms with Crippen LogP contribution in [-0.4, -0.2) is 47.3 Å². The second-order valence-corrected chi connectivity index (χ2v) is 4.11. The largest absolute Gasteiger partial charge is 0.478 e. The minimum absolute atomic E-state index is 0.0963. The third kappa shape index (κ3) is 2.21. The molecule has 1 aromatic heterocycles. The van der Waals surface area contributed by atoms with Crippen molar-refractivity contribution in [1.29, 1.82) is 0 Å². The van der Waals surface area contributed by atoms with E-state index in [1.807, 2.05) is 11.9 Å². The smallest absolute Gasteiger partial charge is 0.338 e. The van der Waals surface area contributed by atoms with Crippen molar-refractivity contribution >= 4 is 11.9 Å². The average Bonchev–Trinajstić information content (AvgIpc) is 2.28. The van der Waals surface area contributed by atoms with E-state index >= 15 is 0 Å². The highest BCUT2D eigenvalue weighted by Gasteiger charge is 2.35. The third-order valence-electron chi connectivity index (χ3n) is 3.18. The molecule has 1 aliphatic rings. The maximum absolute atomic E-state index is 10.7. The number of anilines is 1. The molecule has 2 atom stereocenters. The summed E-state index contributed by atoms with van der Waals surface area (Å²) in [4.78, 5) is 20.7. The summed E-state index contributed by atoms with van der Waals surface area (Å²) in [6.45, 7) is 0. The van der Waals surface area contributed by atoms with Crippen LogP contribution in [0.3, 0.4) is 0 Å². The lowest BCUT2D eigenvalue weighted by molar-refractivity contribution is 0.0191. The van der Waals surface area contributed by atoms with Gasteiger partial charge < -0.3 is 14.7 Å². The fraction of sp³-hybridized carbons (Fsp3) is 0.545. The monoisotopic (exact) mass is 237 g/mol. The summed E-state index contributed by atoms with van der Waals surface area (Å²) >= 11 is 0. The number of methoxy groups -OCH3 is 1. The van der Waals surface area contributed by atoms with Crippen LogP contribution in [0.2, 0.25) is 0 Å². The molecule has 0 radical (unpaired) electrons. The van der Waals surface area contributed by atoms with E-state index in [0.29, 0.717) is 5.95 Å². The summed E-state index contributed by atoms with van der Waals surface area (Å²) < 4.78 is 5.31. The molecule has 6 nitrogen and oxygen atoms in total. The van der Waals surface area contributed by atoms with Gasteiger partial charge in [-0.15, -0.1) is 0 Å². The number of rotatable bonds is 4. The zero-order valence-electron chi connectivity index (χ0n) is 9.83. The number of hydrogen-bond acceptors (Lipinski definition) is 5. The van der Waals surface area contributed by atoms with Crippen LogP contribution in [0.4, 0.5) is 5.95 Å². The summed E-state index contributed by atoms with van der Waals surface area (Å²) in [5, 5.41) is 8.75. The summed E-state index contributed by atoms with van der Waals surface area (Å²) in [5.41, 5.74) is 0.0963. The zero-order valence-corrected chi connectivity index (χ0v) is 9.83. The molecule has 0 spiro atoms. The Kier molecular flexibility index (Phi) is 3.23. The molecule has 2 unspecified atom stereocenters. The molecule has 1 saturated carbocycles. The SMILES string of the molecule is COC1CCC1N(C)c1ncc(C(=O)O)cn1. The van der Waals surface area contributed by atoms with Crippen LogP contribution in [-0.2, 0) is 4.74 Å². The molecule has 0 aliphatic heterocycles. The van der Waals surface area contributed by atoms with Gasteiger partial charge >= 0.3 is 5.97 Å². The lowest BCUT2D eigenvalue weighted by Crippen LogP contribution is -2.50. The Morgan fingerprint density at radius 2 is 2.12 bits per heavy atom. The topological polar surface area (TPSA) is 75.5 Å². The first-order valence-electron chi connectivity index (χ1n) is 5.44. The van der Waals surface area contributed by atoms with Gasteiger partial charge in [0.2, 0.25) is 5.95 Å². The molecule has 0 saturated heterocycles. The zero-order chi connectivity index (χ0) is 12.4. The molecule has 1 aliphatic carbocycles. The van der Waals surface area contributed by atoms with E-state index in [-0.39, 0.29) is 17.7 Å². The number of aromatic carboxylic acids is 1. The number of aromatic nitrogens is 2. The van der Waals surface area contributed by atoms with Crippen molar-refractivity contribution < 1.29 is 14.6 Å². The maximum atomic E-state index is 10.7. The van der Waals surface area contributed by atoms with Crippen LogP contribution in [0, 0.1) is 0 Å². The minimum Gasteiger partial charge on any atom is -0.478 e. The molecule has 6 heteroatoms. The van der Waals surface area contributed by atoms with Crippen molar-refractivity contribution in [3.05, 3.63) is 18.0 Å². The molecular weight excluding hydrogens is 222 g/mol. The molecule has 2 rings (SSSR count). The number of hydrogen-bond donors (Lipinski definition) is 1. The highest BCUT2D eigenvalue weighted by Crippen LogP contribution is 2.28. The van der Waals surface area contributed by atoms with Crippen molar-refractivity contribution in [1.82, 2.24) is 9.97 Å². The Balaban J connectivity index is 2.09. The predicted octanol–water partition coefficient (Wildman–Crippen LogP) is 0.788. The summed E-state index contributed by atoms with van der Waals surface area (Å²) in [6.07, 6.45) is 4.93. The molecule has 1 aromatic rings. The number of ether oxygens (including phenoxy) is 1. The highest BCUT2D eigenvalue weighted by molar-refractivity contribution is 5.86. The fourth-order valence-corrected chi connectivity index (χ4v) is 1.93. The lowest BCUT2D eigenvalue weighted by Gasteiger charge is -2.41. The van der Waals surface area contributed by atoms with E-state index < -0.39 is 5.97 Å². The Morgan fingerprint density at radius 1 is 1.47 bits per heavy atom. The molecular formula is C11H15N3O3. The number of nitrogens with zero attached hydrogens (tertiary/aromatic N) is 3. The number of carbonyl (C=O) groups is 1. The average molecular weight is 237 g/mol. The minimum atomic E-state index is -1.02. The van der Waals surface area contributed by atoms with Crippen LogP contribution in [0.5, 0.6) is 0 Å². The molecule has 0 aromatic carbocycles. The van der Waals surface area contributed by atoms with E-state index in [1.165, 1.54) is 12.4 Å². The Morgan fingerprint density at radius 3 is 2.53 bits per heavy atom.